The van der Waals surface area contributed by atoms with Crippen molar-refractivity contribution in [1.29, 1.82) is 0 Å². The van der Waals surface area contributed by atoms with Crippen LogP contribution in [0.5, 0.6) is 5.75 Å². The van der Waals surface area contributed by atoms with Gasteiger partial charge in [-0.05, 0) is 37.5 Å². The van der Waals surface area contributed by atoms with E-state index < -0.39 is 0 Å². The second-order valence-corrected chi connectivity index (χ2v) is 7.47. The number of rotatable bonds is 5. The van der Waals surface area contributed by atoms with E-state index in [4.69, 9.17) is 4.74 Å². The molecule has 3 aromatic rings. The first kappa shape index (κ1) is 19.2. The van der Waals surface area contributed by atoms with Gasteiger partial charge < -0.3 is 14.6 Å². The number of para-hydroxylation sites is 1. The Kier molecular flexibility index (Phi) is 5.60. The number of aryl methyl sites for hydroxylation is 2. The second kappa shape index (κ2) is 8.47. The number of anilines is 1. The SMILES string of the molecule is COc1ccccc1CC(=O)Nc1cc(-c2nnc3n2CCCCC3)ccc1C. The molecule has 0 spiro atoms. The fourth-order valence-corrected chi connectivity index (χ4v) is 3.81. The van der Waals surface area contributed by atoms with Crippen molar-refractivity contribution < 1.29 is 9.53 Å². The van der Waals surface area contributed by atoms with Crippen LogP contribution in [-0.2, 0) is 24.2 Å². The van der Waals surface area contributed by atoms with E-state index in [9.17, 15) is 4.79 Å². The van der Waals surface area contributed by atoms with Crippen LogP contribution in [0.25, 0.3) is 11.4 Å². The largest absolute Gasteiger partial charge is 0.496 e. The molecule has 150 valence electrons. The van der Waals surface area contributed by atoms with E-state index in [1.54, 1.807) is 7.11 Å². The van der Waals surface area contributed by atoms with Crippen molar-refractivity contribution in [2.45, 2.75) is 45.6 Å². The monoisotopic (exact) mass is 390 g/mol. The van der Waals surface area contributed by atoms with Crippen molar-refractivity contribution in [2.24, 2.45) is 0 Å². The number of carbonyl (C=O) groups is 1. The molecule has 0 saturated heterocycles. The van der Waals surface area contributed by atoms with E-state index >= 15 is 0 Å². The second-order valence-electron chi connectivity index (χ2n) is 7.47. The third-order valence-corrected chi connectivity index (χ3v) is 5.42. The van der Waals surface area contributed by atoms with E-state index in [0.29, 0.717) is 0 Å². The predicted molar refractivity (Wildman–Crippen MR) is 113 cm³/mol. The first-order valence-corrected chi connectivity index (χ1v) is 10.1. The zero-order chi connectivity index (χ0) is 20.2. The van der Waals surface area contributed by atoms with Gasteiger partial charge in [0.25, 0.3) is 0 Å². The van der Waals surface area contributed by atoms with E-state index in [2.05, 4.69) is 20.1 Å². The summed E-state index contributed by atoms with van der Waals surface area (Å²) in [6, 6.07) is 13.7. The summed E-state index contributed by atoms with van der Waals surface area (Å²) in [5.41, 5.74) is 3.65. The lowest BCUT2D eigenvalue weighted by atomic mass is 10.1. The number of carbonyl (C=O) groups excluding carboxylic acids is 1. The Morgan fingerprint density at radius 2 is 2.00 bits per heavy atom. The smallest absolute Gasteiger partial charge is 0.228 e. The molecule has 1 N–H and O–H groups in total. The number of aromatic nitrogens is 3. The minimum absolute atomic E-state index is 0.0742. The van der Waals surface area contributed by atoms with Crippen LogP contribution < -0.4 is 10.1 Å². The maximum absolute atomic E-state index is 12.7. The number of methoxy groups -OCH3 is 1. The normalized spacial score (nSPS) is 13.4. The molecular weight excluding hydrogens is 364 g/mol. The van der Waals surface area contributed by atoms with E-state index in [-0.39, 0.29) is 12.3 Å². The highest BCUT2D eigenvalue weighted by molar-refractivity contribution is 5.94. The topological polar surface area (TPSA) is 69.0 Å². The molecule has 6 heteroatoms. The lowest BCUT2D eigenvalue weighted by molar-refractivity contribution is -0.115. The minimum Gasteiger partial charge on any atom is -0.496 e. The van der Waals surface area contributed by atoms with Crippen molar-refractivity contribution in [1.82, 2.24) is 14.8 Å². The van der Waals surface area contributed by atoms with Gasteiger partial charge in [0.1, 0.15) is 11.6 Å². The van der Waals surface area contributed by atoms with Crippen LogP contribution in [0.3, 0.4) is 0 Å². The maximum atomic E-state index is 12.7. The van der Waals surface area contributed by atoms with Crippen LogP contribution in [0.4, 0.5) is 5.69 Å². The molecular formula is C23H26N4O2. The van der Waals surface area contributed by atoms with E-state index in [1.807, 2.05) is 49.4 Å². The highest BCUT2D eigenvalue weighted by atomic mass is 16.5. The van der Waals surface area contributed by atoms with Gasteiger partial charge in [-0.15, -0.1) is 10.2 Å². The molecule has 29 heavy (non-hydrogen) atoms. The molecule has 1 aliphatic heterocycles. The minimum atomic E-state index is -0.0742. The molecule has 0 aliphatic carbocycles. The summed E-state index contributed by atoms with van der Waals surface area (Å²) in [5, 5.41) is 11.9. The summed E-state index contributed by atoms with van der Waals surface area (Å²) >= 11 is 0. The Labute approximate surface area is 170 Å². The molecule has 1 amide bonds. The highest BCUT2D eigenvalue weighted by Crippen LogP contribution is 2.27. The number of ether oxygens (including phenoxy) is 1. The molecule has 0 radical (unpaired) electrons. The summed E-state index contributed by atoms with van der Waals surface area (Å²) in [6.07, 6.45) is 4.76. The van der Waals surface area contributed by atoms with Crippen molar-refractivity contribution in [3.63, 3.8) is 0 Å². The van der Waals surface area contributed by atoms with Crippen LogP contribution in [0.15, 0.2) is 42.5 Å². The van der Waals surface area contributed by atoms with Gasteiger partial charge in [0.05, 0.1) is 13.5 Å². The van der Waals surface area contributed by atoms with Gasteiger partial charge in [-0.25, -0.2) is 0 Å². The zero-order valence-electron chi connectivity index (χ0n) is 16.9. The Hall–Kier alpha value is -3.15. The maximum Gasteiger partial charge on any atom is 0.228 e. The van der Waals surface area contributed by atoms with Crippen LogP contribution in [0.2, 0.25) is 0 Å². The zero-order valence-corrected chi connectivity index (χ0v) is 16.9. The summed E-state index contributed by atoms with van der Waals surface area (Å²) in [5.74, 6) is 2.58. The quantitative estimate of drug-likeness (QED) is 0.710. The van der Waals surface area contributed by atoms with Crippen molar-refractivity contribution in [3.05, 3.63) is 59.4 Å². The average molecular weight is 390 g/mol. The number of hydrogen-bond acceptors (Lipinski definition) is 4. The fourth-order valence-electron chi connectivity index (χ4n) is 3.81. The van der Waals surface area contributed by atoms with Crippen LogP contribution in [0, 0.1) is 6.92 Å². The van der Waals surface area contributed by atoms with Gasteiger partial charge in [0.2, 0.25) is 5.91 Å². The molecule has 0 fully saturated rings. The standard InChI is InChI=1S/C23H26N4O2/c1-16-11-12-18(23-26-25-21-10-4-3-7-13-27(21)23)14-19(16)24-22(28)15-17-8-5-6-9-20(17)29-2/h5-6,8-9,11-12,14H,3-4,7,10,13,15H2,1-2H3,(H,24,28). The third-order valence-electron chi connectivity index (χ3n) is 5.42. The number of fused-ring (bicyclic) bond motifs is 1. The molecule has 2 heterocycles. The molecule has 4 rings (SSSR count). The average Bonchev–Trinajstić information content (AvgIpc) is 2.98. The summed E-state index contributed by atoms with van der Waals surface area (Å²) < 4.78 is 7.57. The van der Waals surface area contributed by atoms with Crippen molar-refractivity contribution in [2.75, 3.05) is 12.4 Å². The molecule has 0 atom stereocenters. The fraction of sp³-hybridized carbons (Fsp3) is 0.348. The number of nitrogens with zero attached hydrogens (tertiary/aromatic N) is 3. The number of hydrogen-bond donors (Lipinski definition) is 1. The van der Waals surface area contributed by atoms with Crippen LogP contribution in [-0.4, -0.2) is 27.8 Å². The Morgan fingerprint density at radius 3 is 2.86 bits per heavy atom. The van der Waals surface area contributed by atoms with Gasteiger partial charge in [-0.1, -0.05) is 36.8 Å². The summed E-state index contributed by atoms with van der Waals surface area (Å²) in [6.45, 7) is 2.94. The van der Waals surface area contributed by atoms with Crippen molar-refractivity contribution >= 4 is 11.6 Å². The van der Waals surface area contributed by atoms with Gasteiger partial charge in [0.15, 0.2) is 5.82 Å². The lowest BCUT2D eigenvalue weighted by Crippen LogP contribution is -2.15. The highest BCUT2D eigenvalue weighted by Gasteiger charge is 2.17. The van der Waals surface area contributed by atoms with E-state index in [1.165, 1.54) is 6.42 Å². The molecule has 1 aliphatic rings. The first-order chi connectivity index (χ1) is 14.2. The molecule has 1 aromatic heterocycles. The Balaban J connectivity index is 1.56. The van der Waals surface area contributed by atoms with Gasteiger partial charge in [-0.2, -0.15) is 0 Å². The van der Waals surface area contributed by atoms with Gasteiger partial charge in [-0.3, -0.25) is 4.79 Å². The Bertz CT molecular complexity index is 1030. The number of benzene rings is 2. The number of nitrogens with one attached hydrogen (secondary N) is 1. The van der Waals surface area contributed by atoms with Crippen LogP contribution >= 0.6 is 0 Å². The lowest BCUT2D eigenvalue weighted by Gasteiger charge is -2.13. The van der Waals surface area contributed by atoms with Crippen molar-refractivity contribution in [3.8, 4) is 17.1 Å². The van der Waals surface area contributed by atoms with Gasteiger partial charge >= 0.3 is 0 Å². The molecule has 0 unspecified atom stereocenters. The number of amides is 1. The molecule has 0 saturated carbocycles. The van der Waals surface area contributed by atoms with Gasteiger partial charge in [0, 0.05) is 29.8 Å². The molecule has 6 nitrogen and oxygen atoms in total. The van der Waals surface area contributed by atoms with E-state index in [0.717, 1.165) is 65.6 Å². The summed E-state index contributed by atoms with van der Waals surface area (Å²) in [4.78, 5) is 12.7. The Morgan fingerprint density at radius 1 is 1.14 bits per heavy atom. The third kappa shape index (κ3) is 4.16. The molecule has 2 aromatic carbocycles. The summed E-state index contributed by atoms with van der Waals surface area (Å²) in [7, 11) is 1.62. The molecule has 0 bridgehead atoms. The predicted octanol–water partition coefficient (Wildman–Crippen LogP) is 4.17. The van der Waals surface area contributed by atoms with Crippen LogP contribution in [0.1, 0.15) is 36.2 Å². The first-order valence-electron chi connectivity index (χ1n) is 10.1.